The smallest absolute Gasteiger partial charge is 0.217 e. The van der Waals surface area contributed by atoms with Crippen molar-refractivity contribution < 1.29 is 15.0 Å². The van der Waals surface area contributed by atoms with E-state index in [-0.39, 0.29) is 23.8 Å². The Morgan fingerprint density at radius 2 is 2.19 bits per heavy atom. The second kappa shape index (κ2) is 9.94. The predicted octanol–water partition coefficient (Wildman–Crippen LogP) is 2.94. The lowest BCUT2D eigenvalue weighted by Crippen LogP contribution is -2.19. The first-order valence-corrected chi connectivity index (χ1v) is 9.82. The van der Waals surface area contributed by atoms with Gasteiger partial charge in [0, 0.05) is 18.8 Å². The zero-order chi connectivity index (χ0) is 19.1. The summed E-state index contributed by atoms with van der Waals surface area (Å²) < 4.78 is 0. The highest BCUT2D eigenvalue weighted by atomic mass is 16.3. The standard InChI is InChI=1S/C22H33NO3/c1-3-4-7-15(2)20(24)11-10-18-19-13-16(8-5-6-9-22(23)26)12-17(19)14-21(18)25/h8,10-11,15,17-21,24-25H,5-7,9,12-14H2,1-2H3,(H2,23,26)/b11-10+,16-8?/t15-,17-,18+,19-,20-,21+/m0/s1. The fourth-order valence-electron chi connectivity index (χ4n) is 4.34. The molecule has 0 radical (unpaired) electrons. The van der Waals surface area contributed by atoms with Crippen molar-refractivity contribution in [1.82, 2.24) is 0 Å². The maximum absolute atomic E-state index is 10.8. The van der Waals surface area contributed by atoms with Crippen LogP contribution in [0.1, 0.15) is 58.8 Å². The van der Waals surface area contributed by atoms with Gasteiger partial charge in [0.1, 0.15) is 0 Å². The van der Waals surface area contributed by atoms with Crippen molar-refractivity contribution in [1.29, 1.82) is 0 Å². The van der Waals surface area contributed by atoms with Crippen molar-refractivity contribution in [3.8, 4) is 11.8 Å². The lowest BCUT2D eigenvalue weighted by Gasteiger charge is -2.19. The van der Waals surface area contributed by atoms with Gasteiger partial charge in [-0.3, -0.25) is 4.79 Å². The molecule has 2 fully saturated rings. The fourth-order valence-corrected chi connectivity index (χ4v) is 4.34. The number of hydrogen-bond donors (Lipinski definition) is 3. The molecule has 1 amide bonds. The van der Waals surface area contributed by atoms with Crippen molar-refractivity contribution in [3.05, 3.63) is 23.8 Å². The largest absolute Gasteiger partial charge is 0.392 e. The molecule has 0 aromatic rings. The van der Waals surface area contributed by atoms with E-state index in [4.69, 9.17) is 5.73 Å². The maximum atomic E-state index is 10.8. The summed E-state index contributed by atoms with van der Waals surface area (Å²) in [7, 11) is 0. The van der Waals surface area contributed by atoms with Crippen molar-refractivity contribution >= 4 is 5.91 Å². The monoisotopic (exact) mass is 359 g/mol. The molecule has 0 aromatic heterocycles. The van der Waals surface area contributed by atoms with Crippen LogP contribution >= 0.6 is 0 Å². The van der Waals surface area contributed by atoms with Crippen LogP contribution in [0.5, 0.6) is 0 Å². The molecule has 0 spiro atoms. The van der Waals surface area contributed by atoms with Gasteiger partial charge >= 0.3 is 0 Å². The van der Waals surface area contributed by atoms with E-state index in [0.29, 0.717) is 24.7 Å². The molecule has 6 atom stereocenters. The first kappa shape index (κ1) is 20.7. The Morgan fingerprint density at radius 1 is 1.42 bits per heavy atom. The highest BCUT2D eigenvalue weighted by Gasteiger charge is 2.44. The molecule has 0 heterocycles. The number of amides is 1. The third kappa shape index (κ3) is 5.72. The molecule has 0 aliphatic heterocycles. The lowest BCUT2D eigenvalue weighted by molar-refractivity contribution is -0.118. The molecule has 2 aliphatic carbocycles. The number of primary amides is 1. The number of nitrogens with two attached hydrogens (primary N) is 1. The zero-order valence-electron chi connectivity index (χ0n) is 16.0. The molecule has 0 aromatic carbocycles. The highest BCUT2D eigenvalue weighted by Crippen LogP contribution is 2.50. The number of carbonyl (C=O) groups excluding carboxylic acids is 1. The number of carbonyl (C=O) groups is 1. The zero-order valence-corrected chi connectivity index (χ0v) is 16.0. The first-order valence-electron chi connectivity index (χ1n) is 9.82. The summed E-state index contributed by atoms with van der Waals surface area (Å²) in [5.74, 6) is 6.84. The summed E-state index contributed by atoms with van der Waals surface area (Å²) in [6.07, 6.45) is 11.1. The van der Waals surface area contributed by atoms with Crippen LogP contribution in [0.15, 0.2) is 23.8 Å². The minimum absolute atomic E-state index is 0.0948. The molecular formula is C22H33NO3. The van der Waals surface area contributed by atoms with Crippen LogP contribution in [0.4, 0.5) is 0 Å². The quantitative estimate of drug-likeness (QED) is 0.354. The van der Waals surface area contributed by atoms with Crippen LogP contribution in [-0.2, 0) is 4.79 Å². The Labute approximate surface area is 157 Å². The van der Waals surface area contributed by atoms with Crippen LogP contribution in [0.2, 0.25) is 0 Å². The van der Waals surface area contributed by atoms with Crippen molar-refractivity contribution in [2.75, 3.05) is 0 Å². The summed E-state index contributed by atoms with van der Waals surface area (Å²) in [6.45, 7) is 3.80. The number of fused-ring (bicyclic) bond motifs is 1. The Balaban J connectivity index is 1.89. The lowest BCUT2D eigenvalue weighted by atomic mass is 9.89. The first-order chi connectivity index (χ1) is 12.4. The van der Waals surface area contributed by atoms with Crippen LogP contribution in [-0.4, -0.2) is 28.3 Å². The normalized spacial score (nSPS) is 31.6. The summed E-state index contributed by atoms with van der Waals surface area (Å²) >= 11 is 0. The predicted molar refractivity (Wildman–Crippen MR) is 104 cm³/mol. The van der Waals surface area contributed by atoms with Gasteiger partial charge in [0.25, 0.3) is 0 Å². The van der Waals surface area contributed by atoms with Gasteiger partial charge in [-0.2, -0.15) is 0 Å². The van der Waals surface area contributed by atoms with Gasteiger partial charge in [-0.05, 0) is 56.8 Å². The number of unbranched alkanes of at least 4 members (excludes halogenated alkanes) is 1. The van der Waals surface area contributed by atoms with E-state index in [9.17, 15) is 15.0 Å². The molecule has 0 bridgehead atoms. The number of aliphatic hydroxyl groups excluding tert-OH is 2. The van der Waals surface area contributed by atoms with Crippen LogP contribution in [0.25, 0.3) is 0 Å². The van der Waals surface area contributed by atoms with Crippen molar-refractivity contribution in [3.63, 3.8) is 0 Å². The van der Waals surface area contributed by atoms with E-state index in [1.165, 1.54) is 5.57 Å². The Kier molecular flexibility index (Phi) is 7.93. The molecule has 4 heteroatoms. The van der Waals surface area contributed by atoms with E-state index >= 15 is 0 Å². The summed E-state index contributed by atoms with van der Waals surface area (Å²) in [6, 6.07) is 0. The molecule has 4 nitrogen and oxygen atoms in total. The van der Waals surface area contributed by atoms with E-state index in [2.05, 4.69) is 17.9 Å². The fraction of sp³-hybridized carbons (Fsp3) is 0.682. The van der Waals surface area contributed by atoms with Gasteiger partial charge in [-0.15, -0.1) is 11.8 Å². The SMILES string of the molecule is CC#CC[C@H](C)[C@@H](O)/C=C/[C@@H]1[C@H]2CC(=CCCCC(N)=O)C[C@H]2C[C@H]1O. The molecule has 0 unspecified atom stereocenters. The molecule has 144 valence electrons. The minimum atomic E-state index is -0.521. The van der Waals surface area contributed by atoms with Gasteiger partial charge in [-0.1, -0.05) is 30.7 Å². The average molecular weight is 360 g/mol. The van der Waals surface area contributed by atoms with E-state index in [1.807, 2.05) is 26.0 Å². The van der Waals surface area contributed by atoms with Gasteiger partial charge in [0.05, 0.1) is 12.2 Å². The highest BCUT2D eigenvalue weighted by molar-refractivity contribution is 5.73. The Morgan fingerprint density at radius 3 is 2.88 bits per heavy atom. The Hall–Kier alpha value is -1.57. The molecule has 26 heavy (non-hydrogen) atoms. The average Bonchev–Trinajstić information content (AvgIpc) is 3.10. The molecule has 2 saturated carbocycles. The van der Waals surface area contributed by atoms with Gasteiger partial charge in [-0.25, -0.2) is 0 Å². The second-order valence-corrected chi connectivity index (χ2v) is 7.92. The molecule has 4 N–H and O–H groups in total. The van der Waals surface area contributed by atoms with Crippen molar-refractivity contribution in [2.45, 2.75) is 71.0 Å². The van der Waals surface area contributed by atoms with Crippen LogP contribution < -0.4 is 5.73 Å². The van der Waals surface area contributed by atoms with E-state index < -0.39 is 6.10 Å². The molecular weight excluding hydrogens is 326 g/mol. The molecule has 2 rings (SSSR count). The van der Waals surface area contributed by atoms with E-state index in [1.54, 1.807) is 0 Å². The number of rotatable bonds is 8. The van der Waals surface area contributed by atoms with E-state index in [0.717, 1.165) is 32.1 Å². The van der Waals surface area contributed by atoms with Gasteiger partial charge in [0.15, 0.2) is 0 Å². The summed E-state index contributed by atoms with van der Waals surface area (Å²) in [5, 5.41) is 20.7. The third-order valence-electron chi connectivity index (χ3n) is 5.89. The molecule has 0 saturated heterocycles. The van der Waals surface area contributed by atoms with Crippen molar-refractivity contribution in [2.24, 2.45) is 29.4 Å². The summed E-state index contributed by atoms with van der Waals surface area (Å²) in [5.41, 5.74) is 6.62. The number of allylic oxidation sites excluding steroid dienone is 2. The van der Waals surface area contributed by atoms with Gasteiger partial charge < -0.3 is 15.9 Å². The summed E-state index contributed by atoms with van der Waals surface area (Å²) in [4.78, 5) is 10.8. The molecule has 2 aliphatic rings. The number of hydrogen-bond acceptors (Lipinski definition) is 3. The second-order valence-electron chi connectivity index (χ2n) is 7.92. The topological polar surface area (TPSA) is 83.5 Å². The van der Waals surface area contributed by atoms with Crippen LogP contribution in [0, 0.1) is 35.5 Å². The van der Waals surface area contributed by atoms with Gasteiger partial charge in [0.2, 0.25) is 5.91 Å². The minimum Gasteiger partial charge on any atom is -0.392 e. The third-order valence-corrected chi connectivity index (χ3v) is 5.89. The van der Waals surface area contributed by atoms with Crippen LogP contribution in [0.3, 0.4) is 0 Å². The Bertz CT molecular complexity index is 598. The number of aliphatic hydroxyl groups is 2. The maximum Gasteiger partial charge on any atom is 0.217 e.